The van der Waals surface area contributed by atoms with Crippen molar-refractivity contribution in [2.45, 2.75) is 20.3 Å². The van der Waals surface area contributed by atoms with Crippen molar-refractivity contribution >= 4 is 28.1 Å². The molecule has 0 aliphatic rings. The number of methoxy groups -OCH3 is 1. The fourth-order valence-corrected chi connectivity index (χ4v) is 2.99. The summed E-state index contributed by atoms with van der Waals surface area (Å²) in [5.74, 6) is 1.11. The van der Waals surface area contributed by atoms with Gasteiger partial charge in [-0.25, -0.2) is 0 Å². The van der Waals surface area contributed by atoms with Gasteiger partial charge in [0.25, 0.3) is 0 Å². The molecular weight excluding hydrogens is 276 g/mol. The Morgan fingerprint density at radius 1 is 1.50 bits per heavy atom. The number of benzene rings is 1. The van der Waals surface area contributed by atoms with Crippen LogP contribution in [-0.2, 0) is 15.6 Å². The second kappa shape index (κ2) is 7.89. The average Bonchev–Trinajstić information content (AvgIpc) is 2.40. The van der Waals surface area contributed by atoms with Crippen LogP contribution in [0.4, 0.5) is 11.4 Å². The number of nitrogen functional groups attached to an aromatic ring is 1. The molecule has 0 heterocycles. The lowest BCUT2D eigenvalue weighted by Crippen LogP contribution is -2.22. The van der Waals surface area contributed by atoms with Crippen LogP contribution in [-0.4, -0.2) is 28.7 Å². The van der Waals surface area contributed by atoms with Gasteiger partial charge >= 0.3 is 0 Å². The van der Waals surface area contributed by atoms with Gasteiger partial charge < -0.3 is 15.8 Å². The number of rotatable bonds is 7. The Kier molecular flexibility index (Phi) is 6.51. The summed E-state index contributed by atoms with van der Waals surface area (Å²) < 4.78 is 17.0. The maximum absolute atomic E-state index is 11.9. The summed E-state index contributed by atoms with van der Waals surface area (Å²) in [7, 11) is 0.361. The SMILES string of the molecule is CCC(C)CS(=O)CC(=O)Nc1ccc(N)cc1OC. The number of nitrogens with two attached hydrogens (primary N) is 1. The number of amides is 1. The standard InChI is InChI=1S/C14H22N2O3S/c1-4-10(2)8-20(18)9-14(17)16-12-6-5-11(15)7-13(12)19-3/h5-7,10H,4,8-9,15H2,1-3H3,(H,16,17). The zero-order chi connectivity index (χ0) is 15.1. The first kappa shape index (κ1) is 16.5. The van der Waals surface area contributed by atoms with Gasteiger partial charge in [0, 0.05) is 28.3 Å². The molecule has 0 fully saturated rings. The third-order valence-electron chi connectivity index (χ3n) is 2.96. The van der Waals surface area contributed by atoms with Crippen LogP contribution in [0.1, 0.15) is 20.3 Å². The van der Waals surface area contributed by atoms with Crippen LogP contribution in [0.15, 0.2) is 18.2 Å². The molecule has 0 aliphatic carbocycles. The molecule has 2 unspecified atom stereocenters. The molecule has 0 aromatic heterocycles. The highest BCUT2D eigenvalue weighted by Gasteiger charge is 2.13. The van der Waals surface area contributed by atoms with Crippen LogP contribution in [0, 0.1) is 5.92 Å². The van der Waals surface area contributed by atoms with Gasteiger partial charge in [0.15, 0.2) is 0 Å². The molecule has 20 heavy (non-hydrogen) atoms. The van der Waals surface area contributed by atoms with Crippen molar-refractivity contribution < 1.29 is 13.7 Å². The van der Waals surface area contributed by atoms with Crippen molar-refractivity contribution in [3.05, 3.63) is 18.2 Å². The molecule has 1 rings (SSSR count). The molecule has 0 radical (unpaired) electrons. The van der Waals surface area contributed by atoms with Crippen molar-refractivity contribution in [2.75, 3.05) is 29.7 Å². The fourth-order valence-electron chi connectivity index (χ4n) is 1.64. The molecular formula is C14H22N2O3S. The lowest BCUT2D eigenvalue weighted by atomic mass is 10.2. The van der Waals surface area contributed by atoms with E-state index in [1.807, 2.05) is 13.8 Å². The monoisotopic (exact) mass is 298 g/mol. The predicted octanol–water partition coefficient (Wildman–Crippen LogP) is 2.01. The van der Waals surface area contributed by atoms with Crippen molar-refractivity contribution in [3.8, 4) is 5.75 Å². The fraction of sp³-hybridized carbons (Fsp3) is 0.500. The molecule has 0 saturated heterocycles. The molecule has 1 aromatic carbocycles. The summed E-state index contributed by atoms with van der Waals surface area (Å²) in [5.41, 5.74) is 6.73. The first-order chi connectivity index (χ1) is 9.46. The molecule has 0 aliphatic heterocycles. The van der Waals surface area contributed by atoms with Crippen molar-refractivity contribution in [1.29, 1.82) is 0 Å². The summed E-state index contributed by atoms with van der Waals surface area (Å²) in [4.78, 5) is 11.9. The second-order valence-corrected chi connectivity index (χ2v) is 6.27. The number of hydrogen-bond donors (Lipinski definition) is 2. The summed E-state index contributed by atoms with van der Waals surface area (Å²) in [6, 6.07) is 4.98. The number of hydrogen-bond acceptors (Lipinski definition) is 4. The Morgan fingerprint density at radius 3 is 2.80 bits per heavy atom. The van der Waals surface area contributed by atoms with E-state index < -0.39 is 10.8 Å². The molecule has 6 heteroatoms. The Balaban J connectivity index is 2.60. The smallest absolute Gasteiger partial charge is 0.237 e. The van der Waals surface area contributed by atoms with Crippen LogP contribution < -0.4 is 15.8 Å². The molecule has 2 atom stereocenters. The first-order valence-corrected chi connectivity index (χ1v) is 8.03. The van der Waals surface area contributed by atoms with Crippen LogP contribution in [0.5, 0.6) is 5.75 Å². The van der Waals surface area contributed by atoms with Crippen LogP contribution >= 0.6 is 0 Å². The maximum Gasteiger partial charge on any atom is 0.237 e. The summed E-state index contributed by atoms with van der Waals surface area (Å²) in [6.07, 6.45) is 0.957. The van der Waals surface area contributed by atoms with E-state index in [2.05, 4.69) is 5.32 Å². The molecule has 5 nitrogen and oxygen atoms in total. The number of carbonyl (C=O) groups is 1. The quantitative estimate of drug-likeness (QED) is 0.754. The molecule has 0 spiro atoms. The molecule has 3 N–H and O–H groups in total. The van der Waals surface area contributed by atoms with Gasteiger partial charge in [0.05, 0.1) is 12.8 Å². The van der Waals surface area contributed by atoms with E-state index in [0.717, 1.165) is 6.42 Å². The Hall–Kier alpha value is -1.56. The molecule has 1 aromatic rings. The lowest BCUT2D eigenvalue weighted by molar-refractivity contribution is -0.113. The third kappa shape index (κ3) is 5.21. The number of nitrogens with one attached hydrogen (secondary N) is 1. The van der Waals surface area contributed by atoms with E-state index in [1.54, 1.807) is 18.2 Å². The zero-order valence-corrected chi connectivity index (χ0v) is 13.0. The van der Waals surface area contributed by atoms with E-state index >= 15 is 0 Å². The largest absolute Gasteiger partial charge is 0.494 e. The summed E-state index contributed by atoms with van der Waals surface area (Å²) >= 11 is 0. The Morgan fingerprint density at radius 2 is 2.20 bits per heavy atom. The number of anilines is 2. The molecule has 1 amide bonds. The maximum atomic E-state index is 11.9. The van der Waals surface area contributed by atoms with Crippen molar-refractivity contribution in [3.63, 3.8) is 0 Å². The normalized spacial score (nSPS) is 13.6. The van der Waals surface area contributed by atoms with E-state index in [0.29, 0.717) is 28.8 Å². The van der Waals surface area contributed by atoms with Crippen LogP contribution in [0.3, 0.4) is 0 Å². The minimum absolute atomic E-state index is 0.00211. The van der Waals surface area contributed by atoms with E-state index in [-0.39, 0.29) is 11.7 Å². The lowest BCUT2D eigenvalue weighted by Gasteiger charge is -2.11. The molecule has 112 valence electrons. The third-order valence-corrected chi connectivity index (χ3v) is 4.48. The van der Waals surface area contributed by atoms with Crippen LogP contribution in [0.25, 0.3) is 0 Å². The van der Waals surface area contributed by atoms with E-state index in [9.17, 15) is 9.00 Å². The van der Waals surface area contributed by atoms with Gasteiger partial charge in [-0.05, 0) is 18.1 Å². The van der Waals surface area contributed by atoms with Gasteiger partial charge in [-0.2, -0.15) is 0 Å². The predicted molar refractivity (Wildman–Crippen MR) is 83.4 cm³/mol. The minimum Gasteiger partial charge on any atom is -0.494 e. The number of carbonyl (C=O) groups excluding carboxylic acids is 1. The van der Waals surface area contributed by atoms with Gasteiger partial charge in [-0.1, -0.05) is 20.3 Å². The summed E-state index contributed by atoms with van der Waals surface area (Å²) in [6.45, 7) is 4.07. The van der Waals surface area contributed by atoms with Gasteiger partial charge in [-0.3, -0.25) is 9.00 Å². The molecule has 0 saturated carbocycles. The topological polar surface area (TPSA) is 81.4 Å². The zero-order valence-electron chi connectivity index (χ0n) is 12.1. The Labute approximate surface area is 122 Å². The van der Waals surface area contributed by atoms with Crippen molar-refractivity contribution in [2.24, 2.45) is 5.92 Å². The highest BCUT2D eigenvalue weighted by atomic mass is 32.2. The second-order valence-electron chi connectivity index (χ2n) is 4.77. The first-order valence-electron chi connectivity index (χ1n) is 6.54. The number of ether oxygens (including phenoxy) is 1. The van der Waals surface area contributed by atoms with E-state index in [1.165, 1.54) is 7.11 Å². The van der Waals surface area contributed by atoms with E-state index in [4.69, 9.17) is 10.5 Å². The minimum atomic E-state index is -1.14. The van der Waals surface area contributed by atoms with Gasteiger partial charge in [-0.15, -0.1) is 0 Å². The highest BCUT2D eigenvalue weighted by Crippen LogP contribution is 2.26. The molecule has 0 bridgehead atoms. The Bertz CT molecular complexity index is 491. The average molecular weight is 298 g/mol. The van der Waals surface area contributed by atoms with Crippen LogP contribution in [0.2, 0.25) is 0 Å². The van der Waals surface area contributed by atoms with Gasteiger partial charge in [0.2, 0.25) is 5.91 Å². The van der Waals surface area contributed by atoms with Crippen molar-refractivity contribution in [1.82, 2.24) is 0 Å². The summed E-state index contributed by atoms with van der Waals surface area (Å²) in [5, 5.41) is 2.70. The highest BCUT2D eigenvalue weighted by molar-refractivity contribution is 7.85. The van der Waals surface area contributed by atoms with Gasteiger partial charge in [0.1, 0.15) is 11.5 Å².